The number of ether oxygens (including phenoxy) is 1. The Balaban J connectivity index is 1.97. The number of nitrogens with one attached hydrogen (secondary N) is 1. The fourth-order valence-corrected chi connectivity index (χ4v) is 3.27. The Labute approximate surface area is 156 Å². The van der Waals surface area contributed by atoms with Gasteiger partial charge in [0, 0.05) is 16.8 Å². The maximum atomic E-state index is 12.6. The van der Waals surface area contributed by atoms with Crippen LogP contribution in [0.5, 0.6) is 5.75 Å². The molecule has 130 valence electrons. The second-order valence-corrected chi connectivity index (χ2v) is 6.17. The summed E-state index contributed by atoms with van der Waals surface area (Å²) in [5.74, 6) is 0.719. The topological polar surface area (TPSA) is 65.9 Å². The molecule has 4 aromatic rings. The van der Waals surface area contributed by atoms with Crippen molar-refractivity contribution < 1.29 is 4.74 Å². The van der Waals surface area contributed by atoms with E-state index in [9.17, 15) is 10.1 Å². The van der Waals surface area contributed by atoms with Crippen molar-refractivity contribution in [1.29, 1.82) is 5.26 Å². The molecule has 0 unspecified atom stereocenters. The van der Waals surface area contributed by atoms with Crippen molar-refractivity contribution in [2.24, 2.45) is 0 Å². The molecule has 4 nitrogen and oxygen atoms in total. The lowest BCUT2D eigenvalue weighted by molar-refractivity contribution is 0.415. The number of pyridine rings is 1. The number of hydrogen-bond acceptors (Lipinski definition) is 3. The van der Waals surface area contributed by atoms with E-state index in [0.29, 0.717) is 11.3 Å². The number of nitrogens with zero attached hydrogens (tertiary/aromatic N) is 1. The fourth-order valence-electron chi connectivity index (χ4n) is 3.27. The number of nitriles is 1. The van der Waals surface area contributed by atoms with Crippen LogP contribution < -0.4 is 10.3 Å². The molecular weight excluding hydrogens is 336 g/mol. The monoisotopic (exact) mass is 352 g/mol. The molecule has 1 heterocycles. The summed E-state index contributed by atoms with van der Waals surface area (Å²) in [5.41, 5.74) is 2.70. The van der Waals surface area contributed by atoms with Crippen LogP contribution in [-0.4, -0.2) is 12.1 Å². The van der Waals surface area contributed by atoms with Crippen LogP contribution in [0.2, 0.25) is 0 Å². The molecule has 3 aromatic carbocycles. The summed E-state index contributed by atoms with van der Waals surface area (Å²) in [6.07, 6.45) is 0. The average Bonchev–Trinajstić information content (AvgIpc) is 2.73. The first-order valence-corrected chi connectivity index (χ1v) is 8.51. The molecule has 0 saturated heterocycles. The molecule has 0 bridgehead atoms. The Bertz CT molecular complexity index is 1230. The predicted octanol–water partition coefficient (Wildman–Crippen LogP) is 4.74. The Morgan fingerprint density at radius 3 is 2.41 bits per heavy atom. The van der Waals surface area contributed by atoms with Crippen molar-refractivity contribution in [3.05, 3.63) is 88.7 Å². The molecule has 0 saturated carbocycles. The van der Waals surface area contributed by atoms with Gasteiger partial charge in [-0.2, -0.15) is 5.26 Å². The highest BCUT2D eigenvalue weighted by molar-refractivity contribution is 5.96. The minimum absolute atomic E-state index is 0.101. The standard InChI is InChI=1S/C23H16N2O2/c1-27-17-11-9-16(10-12-17)20-13-22(25-23(26)21(20)14-24)19-8-4-6-15-5-2-3-7-18(15)19/h2-13H,1H3,(H,25,26). The van der Waals surface area contributed by atoms with E-state index in [4.69, 9.17) is 4.74 Å². The molecule has 27 heavy (non-hydrogen) atoms. The van der Waals surface area contributed by atoms with Crippen molar-refractivity contribution >= 4 is 10.8 Å². The first-order chi connectivity index (χ1) is 13.2. The van der Waals surface area contributed by atoms with Gasteiger partial charge in [0.05, 0.1) is 7.11 Å². The van der Waals surface area contributed by atoms with Crippen molar-refractivity contribution in [3.63, 3.8) is 0 Å². The van der Waals surface area contributed by atoms with Crippen molar-refractivity contribution in [1.82, 2.24) is 4.98 Å². The van der Waals surface area contributed by atoms with Crippen molar-refractivity contribution in [2.45, 2.75) is 0 Å². The molecule has 0 aliphatic carbocycles. The van der Waals surface area contributed by atoms with Gasteiger partial charge in [-0.05, 0) is 34.5 Å². The number of methoxy groups -OCH3 is 1. The minimum Gasteiger partial charge on any atom is -0.497 e. The third-order valence-electron chi connectivity index (χ3n) is 4.63. The summed E-state index contributed by atoms with van der Waals surface area (Å²) < 4.78 is 5.19. The molecule has 1 N–H and O–H groups in total. The third kappa shape index (κ3) is 2.96. The number of aromatic nitrogens is 1. The summed E-state index contributed by atoms with van der Waals surface area (Å²) in [6, 6.07) is 25.2. The van der Waals surface area contributed by atoms with E-state index in [-0.39, 0.29) is 5.56 Å². The lowest BCUT2D eigenvalue weighted by Gasteiger charge is -2.11. The molecule has 1 aromatic heterocycles. The Morgan fingerprint density at radius 1 is 0.926 bits per heavy atom. The predicted molar refractivity (Wildman–Crippen MR) is 107 cm³/mol. The van der Waals surface area contributed by atoms with Gasteiger partial charge in [0.15, 0.2) is 0 Å². The second kappa shape index (κ2) is 6.81. The summed E-state index contributed by atoms with van der Waals surface area (Å²) in [7, 11) is 1.60. The molecule has 0 aliphatic rings. The van der Waals surface area contributed by atoms with Crippen LogP contribution in [0.25, 0.3) is 33.2 Å². The lowest BCUT2D eigenvalue weighted by atomic mass is 9.96. The Morgan fingerprint density at radius 2 is 1.67 bits per heavy atom. The van der Waals surface area contributed by atoms with E-state index >= 15 is 0 Å². The molecule has 0 radical (unpaired) electrons. The lowest BCUT2D eigenvalue weighted by Crippen LogP contribution is -2.12. The fraction of sp³-hybridized carbons (Fsp3) is 0.0435. The molecule has 0 fully saturated rings. The Hall–Kier alpha value is -3.84. The van der Waals surface area contributed by atoms with Crippen LogP contribution in [0, 0.1) is 11.3 Å². The van der Waals surface area contributed by atoms with Crippen LogP contribution in [0.15, 0.2) is 77.6 Å². The maximum Gasteiger partial charge on any atom is 0.266 e. The minimum atomic E-state index is -0.395. The number of fused-ring (bicyclic) bond motifs is 1. The highest BCUT2D eigenvalue weighted by atomic mass is 16.5. The van der Waals surface area contributed by atoms with E-state index in [2.05, 4.69) is 4.98 Å². The molecule has 0 aliphatic heterocycles. The number of H-pyrrole nitrogens is 1. The first-order valence-electron chi connectivity index (χ1n) is 8.51. The van der Waals surface area contributed by atoms with E-state index in [1.165, 1.54) is 0 Å². The summed E-state index contributed by atoms with van der Waals surface area (Å²) in [5, 5.41) is 11.6. The smallest absolute Gasteiger partial charge is 0.266 e. The van der Waals surface area contributed by atoms with Crippen LogP contribution >= 0.6 is 0 Å². The number of rotatable bonds is 3. The molecule has 0 amide bonds. The first kappa shape index (κ1) is 16.6. The second-order valence-electron chi connectivity index (χ2n) is 6.17. The average molecular weight is 352 g/mol. The highest BCUT2D eigenvalue weighted by Gasteiger charge is 2.14. The summed E-state index contributed by atoms with van der Waals surface area (Å²) in [4.78, 5) is 15.5. The Kier molecular flexibility index (Phi) is 4.19. The highest BCUT2D eigenvalue weighted by Crippen LogP contribution is 2.31. The quantitative estimate of drug-likeness (QED) is 0.579. The third-order valence-corrected chi connectivity index (χ3v) is 4.63. The zero-order valence-corrected chi connectivity index (χ0v) is 14.7. The van der Waals surface area contributed by atoms with Gasteiger partial charge in [0.25, 0.3) is 5.56 Å². The van der Waals surface area contributed by atoms with Crippen LogP contribution in [-0.2, 0) is 0 Å². The van der Waals surface area contributed by atoms with E-state index in [0.717, 1.165) is 27.6 Å². The SMILES string of the molecule is COc1ccc(-c2cc(-c3cccc4ccccc34)[nH]c(=O)c2C#N)cc1. The molecule has 0 atom stereocenters. The van der Waals surface area contributed by atoms with Crippen LogP contribution in [0.4, 0.5) is 0 Å². The van der Waals surface area contributed by atoms with Gasteiger partial charge >= 0.3 is 0 Å². The van der Waals surface area contributed by atoms with Gasteiger partial charge in [0.1, 0.15) is 17.4 Å². The van der Waals surface area contributed by atoms with Gasteiger partial charge < -0.3 is 9.72 Å². The molecular formula is C23H16N2O2. The largest absolute Gasteiger partial charge is 0.497 e. The molecule has 4 heteroatoms. The van der Waals surface area contributed by atoms with E-state index in [1.54, 1.807) is 7.11 Å². The van der Waals surface area contributed by atoms with Crippen LogP contribution in [0.1, 0.15) is 5.56 Å². The van der Waals surface area contributed by atoms with Crippen molar-refractivity contribution in [3.8, 4) is 34.2 Å². The zero-order valence-electron chi connectivity index (χ0n) is 14.7. The van der Waals surface area contributed by atoms with Crippen LogP contribution in [0.3, 0.4) is 0 Å². The van der Waals surface area contributed by atoms with Gasteiger partial charge in [-0.25, -0.2) is 0 Å². The van der Waals surface area contributed by atoms with Gasteiger partial charge in [-0.3, -0.25) is 4.79 Å². The van der Waals surface area contributed by atoms with E-state index in [1.807, 2.05) is 78.9 Å². The number of hydrogen-bond donors (Lipinski definition) is 1. The van der Waals surface area contributed by atoms with Gasteiger partial charge in [0.2, 0.25) is 0 Å². The zero-order chi connectivity index (χ0) is 18.8. The number of aromatic amines is 1. The number of benzene rings is 3. The maximum absolute atomic E-state index is 12.6. The molecule has 4 rings (SSSR count). The normalized spacial score (nSPS) is 10.5. The summed E-state index contributed by atoms with van der Waals surface area (Å²) in [6.45, 7) is 0. The van der Waals surface area contributed by atoms with E-state index < -0.39 is 5.56 Å². The van der Waals surface area contributed by atoms with Gasteiger partial charge in [-0.15, -0.1) is 0 Å². The van der Waals surface area contributed by atoms with Gasteiger partial charge in [-0.1, -0.05) is 54.6 Å². The van der Waals surface area contributed by atoms with Crippen molar-refractivity contribution in [2.75, 3.05) is 7.11 Å². The summed E-state index contributed by atoms with van der Waals surface area (Å²) >= 11 is 0. The molecule has 0 spiro atoms.